The van der Waals surface area contributed by atoms with Crippen LogP contribution < -0.4 is 9.62 Å². The van der Waals surface area contributed by atoms with E-state index in [9.17, 15) is 13.2 Å². The van der Waals surface area contributed by atoms with Gasteiger partial charge in [-0.1, -0.05) is 19.4 Å². The fourth-order valence-corrected chi connectivity index (χ4v) is 3.77. The summed E-state index contributed by atoms with van der Waals surface area (Å²) in [4.78, 5) is 13.8. The van der Waals surface area contributed by atoms with E-state index in [1.807, 2.05) is 39.0 Å². The summed E-state index contributed by atoms with van der Waals surface area (Å²) in [6, 6.07) is 5.87. The van der Waals surface area contributed by atoms with E-state index in [0.29, 0.717) is 13.0 Å². The van der Waals surface area contributed by atoms with Crippen molar-refractivity contribution < 1.29 is 17.9 Å². The van der Waals surface area contributed by atoms with Crippen molar-refractivity contribution in [3.05, 3.63) is 29.3 Å². The molecular weight excluding hydrogens is 328 g/mol. The third-order valence-corrected chi connectivity index (χ3v) is 5.66. The number of benzene rings is 1. The molecule has 1 aliphatic heterocycles. The number of anilines is 1. The van der Waals surface area contributed by atoms with Gasteiger partial charge in [0, 0.05) is 12.2 Å². The minimum atomic E-state index is -3.28. The fourth-order valence-electron chi connectivity index (χ4n) is 2.52. The second-order valence-corrected chi connectivity index (χ2v) is 8.15. The highest BCUT2D eigenvalue weighted by molar-refractivity contribution is 7.89. The second-order valence-electron chi connectivity index (χ2n) is 6.23. The highest BCUT2D eigenvalue weighted by atomic mass is 32.2. The Hall–Kier alpha value is -1.44. The minimum absolute atomic E-state index is 0.0335. The van der Waals surface area contributed by atoms with Crippen LogP contribution in [0.5, 0.6) is 0 Å². The number of sulfonamides is 1. The van der Waals surface area contributed by atoms with Gasteiger partial charge in [-0.05, 0) is 43.5 Å². The summed E-state index contributed by atoms with van der Waals surface area (Å²) in [5.41, 5.74) is 3.11. The van der Waals surface area contributed by atoms with Crippen LogP contribution in [0.25, 0.3) is 0 Å². The molecule has 0 spiro atoms. The fraction of sp³-hybridized carbons (Fsp3) is 0.588. The van der Waals surface area contributed by atoms with E-state index in [1.165, 1.54) is 5.56 Å². The van der Waals surface area contributed by atoms with Crippen molar-refractivity contribution in [1.82, 2.24) is 4.72 Å². The van der Waals surface area contributed by atoms with Gasteiger partial charge in [-0.25, -0.2) is 13.1 Å². The SMILES string of the molecule is CCCCS(=O)(=O)NCC1CN(c2ccc(C)c(C)c2)C(=O)CO1. The maximum Gasteiger partial charge on any atom is 0.253 e. The van der Waals surface area contributed by atoms with Crippen LogP contribution in [-0.2, 0) is 19.6 Å². The molecule has 1 fully saturated rings. The van der Waals surface area contributed by atoms with Gasteiger partial charge in [0.1, 0.15) is 6.61 Å². The molecule has 1 atom stereocenters. The van der Waals surface area contributed by atoms with E-state index in [4.69, 9.17) is 4.74 Å². The summed E-state index contributed by atoms with van der Waals surface area (Å²) in [6.07, 6.45) is 1.12. The Morgan fingerprint density at radius 3 is 2.71 bits per heavy atom. The average Bonchev–Trinajstić information content (AvgIpc) is 2.55. The van der Waals surface area contributed by atoms with Crippen molar-refractivity contribution >= 4 is 21.6 Å². The van der Waals surface area contributed by atoms with E-state index in [2.05, 4.69) is 4.72 Å². The first kappa shape index (κ1) is 18.9. The predicted molar refractivity (Wildman–Crippen MR) is 94.7 cm³/mol. The molecule has 24 heavy (non-hydrogen) atoms. The monoisotopic (exact) mass is 354 g/mol. The van der Waals surface area contributed by atoms with Gasteiger partial charge in [0.05, 0.1) is 18.4 Å². The number of nitrogens with zero attached hydrogens (tertiary/aromatic N) is 1. The van der Waals surface area contributed by atoms with Gasteiger partial charge in [0.25, 0.3) is 5.91 Å². The summed E-state index contributed by atoms with van der Waals surface area (Å²) in [6.45, 7) is 6.47. The van der Waals surface area contributed by atoms with Crippen LogP contribution in [0.2, 0.25) is 0 Å². The third kappa shape index (κ3) is 5.03. The summed E-state index contributed by atoms with van der Waals surface area (Å²) in [5, 5.41) is 0. The number of hydrogen-bond acceptors (Lipinski definition) is 4. The Kier molecular flexibility index (Phi) is 6.37. The molecule has 1 unspecified atom stereocenters. The van der Waals surface area contributed by atoms with E-state index >= 15 is 0 Å². The maximum atomic E-state index is 12.1. The van der Waals surface area contributed by atoms with Gasteiger partial charge in [-0.15, -0.1) is 0 Å². The lowest BCUT2D eigenvalue weighted by Gasteiger charge is -2.33. The largest absolute Gasteiger partial charge is 0.365 e. The predicted octanol–water partition coefficient (Wildman–Crippen LogP) is 1.75. The minimum Gasteiger partial charge on any atom is -0.365 e. The number of aryl methyl sites for hydroxylation is 2. The van der Waals surface area contributed by atoms with Crippen LogP contribution in [0.1, 0.15) is 30.9 Å². The molecule has 2 rings (SSSR count). The number of rotatable bonds is 7. The molecule has 1 amide bonds. The van der Waals surface area contributed by atoms with Crippen molar-refractivity contribution in [2.75, 3.05) is 30.3 Å². The van der Waals surface area contributed by atoms with Gasteiger partial charge in [0.2, 0.25) is 10.0 Å². The number of carbonyl (C=O) groups excluding carboxylic acids is 1. The van der Waals surface area contributed by atoms with Crippen LogP contribution >= 0.6 is 0 Å². The maximum absolute atomic E-state index is 12.1. The molecular formula is C17H26N2O4S. The van der Waals surface area contributed by atoms with Crippen LogP contribution in [-0.4, -0.2) is 45.9 Å². The number of morpholine rings is 1. The van der Waals surface area contributed by atoms with Crippen molar-refractivity contribution in [1.29, 1.82) is 0 Å². The zero-order chi connectivity index (χ0) is 17.7. The number of carbonyl (C=O) groups is 1. The molecule has 0 radical (unpaired) electrons. The van der Waals surface area contributed by atoms with Crippen molar-refractivity contribution in [2.45, 2.75) is 39.7 Å². The van der Waals surface area contributed by atoms with Gasteiger partial charge in [0.15, 0.2) is 0 Å². The van der Waals surface area contributed by atoms with Crippen LogP contribution in [0.4, 0.5) is 5.69 Å². The highest BCUT2D eigenvalue weighted by Gasteiger charge is 2.28. The Bertz CT molecular complexity index is 688. The zero-order valence-electron chi connectivity index (χ0n) is 14.5. The second kappa shape index (κ2) is 8.09. The Balaban J connectivity index is 2.00. The summed E-state index contributed by atoms with van der Waals surface area (Å²) in [5.74, 6) is 0.0130. The highest BCUT2D eigenvalue weighted by Crippen LogP contribution is 2.21. The normalized spacial score (nSPS) is 18.9. The quantitative estimate of drug-likeness (QED) is 0.809. The van der Waals surface area contributed by atoms with Gasteiger partial charge in [-0.2, -0.15) is 0 Å². The Labute approximate surface area is 144 Å². The molecule has 0 aromatic heterocycles. The first-order valence-electron chi connectivity index (χ1n) is 8.29. The van der Waals surface area contributed by atoms with Gasteiger partial charge < -0.3 is 9.64 Å². The Morgan fingerprint density at radius 1 is 1.29 bits per heavy atom. The van der Waals surface area contributed by atoms with E-state index in [0.717, 1.165) is 17.7 Å². The van der Waals surface area contributed by atoms with Gasteiger partial charge >= 0.3 is 0 Å². The first-order chi connectivity index (χ1) is 11.3. The first-order valence-corrected chi connectivity index (χ1v) is 9.94. The third-order valence-electron chi connectivity index (χ3n) is 4.23. The van der Waals surface area contributed by atoms with Crippen molar-refractivity contribution in [2.24, 2.45) is 0 Å². The molecule has 1 saturated heterocycles. The summed E-state index contributed by atoms with van der Waals surface area (Å²) in [7, 11) is -3.28. The molecule has 0 aliphatic carbocycles. The number of unbranched alkanes of at least 4 members (excludes halogenated alkanes) is 1. The lowest BCUT2D eigenvalue weighted by Crippen LogP contribution is -2.50. The number of nitrogens with one attached hydrogen (secondary N) is 1. The smallest absolute Gasteiger partial charge is 0.253 e. The van der Waals surface area contributed by atoms with E-state index < -0.39 is 10.0 Å². The standard InChI is InChI=1S/C17H26N2O4S/c1-4-5-8-24(21,22)18-10-16-11-19(17(20)12-23-16)15-7-6-13(2)14(3)9-15/h6-7,9,16,18H,4-5,8,10-12H2,1-3H3. The summed E-state index contributed by atoms with van der Waals surface area (Å²) < 4.78 is 31.8. The molecule has 1 aromatic carbocycles. The lowest BCUT2D eigenvalue weighted by atomic mass is 10.1. The summed E-state index contributed by atoms with van der Waals surface area (Å²) >= 11 is 0. The van der Waals surface area contributed by atoms with Crippen LogP contribution in [0.15, 0.2) is 18.2 Å². The lowest BCUT2D eigenvalue weighted by molar-refractivity contribution is -0.129. The number of ether oxygens (including phenoxy) is 1. The Morgan fingerprint density at radius 2 is 2.04 bits per heavy atom. The van der Waals surface area contributed by atoms with Gasteiger partial charge in [-0.3, -0.25) is 4.79 Å². The molecule has 0 bridgehead atoms. The molecule has 0 saturated carbocycles. The van der Waals surface area contributed by atoms with Crippen LogP contribution in [0, 0.1) is 13.8 Å². The topological polar surface area (TPSA) is 75.7 Å². The van der Waals surface area contributed by atoms with E-state index in [1.54, 1.807) is 4.90 Å². The zero-order valence-corrected chi connectivity index (χ0v) is 15.4. The van der Waals surface area contributed by atoms with E-state index in [-0.39, 0.29) is 30.9 Å². The molecule has 1 heterocycles. The van der Waals surface area contributed by atoms with Crippen molar-refractivity contribution in [3.63, 3.8) is 0 Å². The molecule has 1 N–H and O–H groups in total. The molecule has 1 aliphatic rings. The van der Waals surface area contributed by atoms with Crippen LogP contribution in [0.3, 0.4) is 0 Å². The molecule has 134 valence electrons. The molecule has 7 heteroatoms. The number of hydrogen-bond donors (Lipinski definition) is 1. The number of amides is 1. The molecule has 1 aromatic rings. The van der Waals surface area contributed by atoms with Crippen molar-refractivity contribution in [3.8, 4) is 0 Å². The average molecular weight is 354 g/mol. The molecule has 6 nitrogen and oxygen atoms in total.